The standard InChI is InChI=1S/C19H25N3O2/c1-23-17-5-4-16(14-18(17)24-2)19(15-6-9-21-10-7-15)22-12-3-8-20-11-13-22/h4-7,9-10,14,19-20H,3,8,11-13H2,1-2H3. The van der Waals surface area contributed by atoms with Gasteiger partial charge in [0.2, 0.25) is 0 Å². The van der Waals surface area contributed by atoms with Crippen molar-refractivity contribution in [1.29, 1.82) is 0 Å². The largest absolute Gasteiger partial charge is 0.493 e. The Morgan fingerprint density at radius 3 is 2.50 bits per heavy atom. The van der Waals surface area contributed by atoms with Gasteiger partial charge in [0.05, 0.1) is 20.3 Å². The first-order valence-corrected chi connectivity index (χ1v) is 8.40. The van der Waals surface area contributed by atoms with E-state index >= 15 is 0 Å². The first-order valence-electron chi connectivity index (χ1n) is 8.40. The fourth-order valence-corrected chi connectivity index (χ4v) is 3.31. The number of ether oxygens (including phenoxy) is 2. The summed E-state index contributed by atoms with van der Waals surface area (Å²) in [5, 5.41) is 3.48. The van der Waals surface area contributed by atoms with Crippen LogP contribution in [0.25, 0.3) is 0 Å². The fraction of sp³-hybridized carbons (Fsp3) is 0.421. The second kappa shape index (κ2) is 8.13. The van der Waals surface area contributed by atoms with Crippen molar-refractivity contribution in [3.63, 3.8) is 0 Å². The van der Waals surface area contributed by atoms with Gasteiger partial charge in [-0.25, -0.2) is 0 Å². The molecule has 2 aromatic rings. The number of nitrogens with zero attached hydrogens (tertiary/aromatic N) is 2. The second-order valence-corrected chi connectivity index (χ2v) is 5.94. The highest BCUT2D eigenvalue weighted by molar-refractivity contribution is 5.45. The molecule has 5 nitrogen and oxygen atoms in total. The summed E-state index contributed by atoms with van der Waals surface area (Å²) >= 11 is 0. The Labute approximate surface area is 143 Å². The van der Waals surface area contributed by atoms with Gasteiger partial charge in [0.1, 0.15) is 0 Å². The minimum atomic E-state index is 0.188. The Bertz CT molecular complexity index is 640. The Kier molecular flexibility index (Phi) is 5.67. The third-order valence-electron chi connectivity index (χ3n) is 4.48. The topological polar surface area (TPSA) is 46.6 Å². The zero-order valence-corrected chi connectivity index (χ0v) is 14.4. The van der Waals surface area contributed by atoms with Crippen LogP contribution in [0.5, 0.6) is 11.5 Å². The zero-order valence-electron chi connectivity index (χ0n) is 14.4. The van der Waals surface area contributed by atoms with Crippen LogP contribution in [0.2, 0.25) is 0 Å². The lowest BCUT2D eigenvalue weighted by molar-refractivity contribution is 0.240. The molecule has 0 radical (unpaired) electrons. The molecule has 24 heavy (non-hydrogen) atoms. The van der Waals surface area contributed by atoms with Gasteiger partial charge in [-0.1, -0.05) is 6.07 Å². The summed E-state index contributed by atoms with van der Waals surface area (Å²) in [7, 11) is 3.34. The minimum absolute atomic E-state index is 0.188. The van der Waals surface area contributed by atoms with Gasteiger partial charge in [-0.15, -0.1) is 0 Å². The van der Waals surface area contributed by atoms with E-state index in [0.717, 1.165) is 44.1 Å². The first kappa shape index (κ1) is 16.7. The highest BCUT2D eigenvalue weighted by Crippen LogP contribution is 2.35. The van der Waals surface area contributed by atoms with Gasteiger partial charge < -0.3 is 14.8 Å². The van der Waals surface area contributed by atoms with Crippen molar-refractivity contribution in [1.82, 2.24) is 15.2 Å². The molecule has 1 aliphatic heterocycles. The average molecular weight is 327 g/mol. The lowest BCUT2D eigenvalue weighted by Crippen LogP contribution is -2.33. The third kappa shape index (κ3) is 3.68. The van der Waals surface area contributed by atoms with Crippen LogP contribution in [0.15, 0.2) is 42.7 Å². The number of aromatic nitrogens is 1. The second-order valence-electron chi connectivity index (χ2n) is 5.94. The normalized spacial score (nSPS) is 17.1. The maximum Gasteiger partial charge on any atom is 0.161 e. The van der Waals surface area contributed by atoms with Crippen LogP contribution < -0.4 is 14.8 Å². The molecule has 1 N–H and O–H groups in total. The van der Waals surface area contributed by atoms with Gasteiger partial charge in [0.25, 0.3) is 0 Å². The van der Waals surface area contributed by atoms with E-state index in [0.29, 0.717) is 0 Å². The maximum atomic E-state index is 5.51. The molecule has 0 amide bonds. The molecular weight excluding hydrogens is 302 g/mol. The van der Waals surface area contributed by atoms with Gasteiger partial charge >= 0.3 is 0 Å². The predicted octanol–water partition coefficient (Wildman–Crippen LogP) is 2.48. The fourth-order valence-electron chi connectivity index (χ4n) is 3.31. The molecule has 0 saturated carbocycles. The molecule has 1 saturated heterocycles. The van der Waals surface area contributed by atoms with Crippen LogP contribution in [0.3, 0.4) is 0 Å². The number of methoxy groups -OCH3 is 2. The smallest absolute Gasteiger partial charge is 0.161 e. The van der Waals surface area contributed by atoms with E-state index in [1.807, 2.05) is 18.5 Å². The molecule has 1 aromatic carbocycles. The molecule has 128 valence electrons. The van der Waals surface area contributed by atoms with Crippen molar-refractivity contribution in [2.45, 2.75) is 12.5 Å². The number of hydrogen-bond donors (Lipinski definition) is 1. The average Bonchev–Trinajstić information content (AvgIpc) is 2.92. The summed E-state index contributed by atoms with van der Waals surface area (Å²) in [4.78, 5) is 6.70. The molecule has 5 heteroatoms. The lowest BCUT2D eigenvalue weighted by atomic mass is 9.97. The number of benzene rings is 1. The highest BCUT2D eigenvalue weighted by Gasteiger charge is 2.24. The van der Waals surface area contributed by atoms with Crippen LogP contribution in [0.1, 0.15) is 23.6 Å². The summed E-state index contributed by atoms with van der Waals surface area (Å²) in [6, 6.07) is 10.6. The molecule has 0 aliphatic carbocycles. The number of pyridine rings is 1. The van der Waals surface area contributed by atoms with Crippen molar-refractivity contribution >= 4 is 0 Å². The monoisotopic (exact) mass is 327 g/mol. The summed E-state index contributed by atoms with van der Waals surface area (Å²) in [6.07, 6.45) is 4.87. The van der Waals surface area contributed by atoms with E-state index in [9.17, 15) is 0 Å². The summed E-state index contributed by atoms with van der Waals surface area (Å²) in [5.74, 6) is 1.52. The number of nitrogens with one attached hydrogen (secondary N) is 1. The van der Waals surface area contributed by atoms with Crippen LogP contribution in [-0.2, 0) is 0 Å². The summed E-state index contributed by atoms with van der Waals surface area (Å²) < 4.78 is 10.9. The van der Waals surface area contributed by atoms with Crippen molar-refractivity contribution in [3.05, 3.63) is 53.9 Å². The predicted molar refractivity (Wildman–Crippen MR) is 94.7 cm³/mol. The van der Waals surface area contributed by atoms with E-state index in [1.54, 1.807) is 14.2 Å². The van der Waals surface area contributed by atoms with Gasteiger partial charge in [0, 0.05) is 32.0 Å². The van der Waals surface area contributed by atoms with Gasteiger partial charge in [0.15, 0.2) is 11.5 Å². The molecule has 1 fully saturated rings. The van der Waals surface area contributed by atoms with E-state index in [4.69, 9.17) is 9.47 Å². The quantitative estimate of drug-likeness (QED) is 0.914. The van der Waals surface area contributed by atoms with E-state index in [1.165, 1.54) is 11.1 Å². The molecule has 1 aliphatic rings. The molecule has 0 bridgehead atoms. The Morgan fingerprint density at radius 2 is 1.75 bits per heavy atom. The molecule has 0 spiro atoms. The summed E-state index contributed by atoms with van der Waals surface area (Å²) in [6.45, 7) is 4.16. The zero-order chi connectivity index (χ0) is 16.8. The first-order chi connectivity index (χ1) is 11.8. The van der Waals surface area contributed by atoms with Crippen molar-refractivity contribution in [2.75, 3.05) is 40.4 Å². The summed E-state index contributed by atoms with van der Waals surface area (Å²) in [5.41, 5.74) is 2.46. The molecular formula is C19H25N3O2. The van der Waals surface area contributed by atoms with Gasteiger partial charge in [-0.3, -0.25) is 9.88 Å². The molecule has 2 heterocycles. The Morgan fingerprint density at radius 1 is 0.958 bits per heavy atom. The van der Waals surface area contributed by atoms with Crippen LogP contribution in [0.4, 0.5) is 0 Å². The minimum Gasteiger partial charge on any atom is -0.493 e. The Balaban J connectivity index is 2.00. The van der Waals surface area contributed by atoms with Crippen LogP contribution in [-0.4, -0.2) is 50.3 Å². The van der Waals surface area contributed by atoms with Gasteiger partial charge in [-0.05, 0) is 48.4 Å². The van der Waals surface area contributed by atoms with Crippen molar-refractivity contribution in [2.24, 2.45) is 0 Å². The van der Waals surface area contributed by atoms with E-state index in [-0.39, 0.29) is 6.04 Å². The van der Waals surface area contributed by atoms with E-state index in [2.05, 4.69) is 39.5 Å². The molecule has 3 rings (SSSR count). The number of hydrogen-bond acceptors (Lipinski definition) is 5. The highest BCUT2D eigenvalue weighted by atomic mass is 16.5. The van der Waals surface area contributed by atoms with Gasteiger partial charge in [-0.2, -0.15) is 0 Å². The van der Waals surface area contributed by atoms with Crippen LogP contribution in [0, 0.1) is 0 Å². The molecule has 1 atom stereocenters. The molecule has 1 aromatic heterocycles. The Hall–Kier alpha value is -2.11. The SMILES string of the molecule is COc1ccc(C(c2ccncc2)N2CCCNCC2)cc1OC. The maximum absolute atomic E-state index is 5.51. The lowest BCUT2D eigenvalue weighted by Gasteiger charge is -2.31. The number of rotatable bonds is 5. The molecule has 1 unspecified atom stereocenters. The van der Waals surface area contributed by atoms with Crippen LogP contribution >= 0.6 is 0 Å². The van der Waals surface area contributed by atoms with E-state index < -0.39 is 0 Å². The van der Waals surface area contributed by atoms with Crippen molar-refractivity contribution < 1.29 is 9.47 Å². The van der Waals surface area contributed by atoms with Crippen molar-refractivity contribution in [3.8, 4) is 11.5 Å². The third-order valence-corrected chi connectivity index (χ3v) is 4.48.